The summed E-state index contributed by atoms with van der Waals surface area (Å²) in [5.41, 5.74) is 6.25. The zero-order valence-corrected chi connectivity index (χ0v) is 16.1. The second-order valence-corrected chi connectivity index (χ2v) is 6.69. The first kappa shape index (κ1) is 19.6. The van der Waals surface area contributed by atoms with Crippen LogP contribution in [0, 0.1) is 0 Å². The third-order valence-corrected chi connectivity index (χ3v) is 4.75. The van der Waals surface area contributed by atoms with Gasteiger partial charge in [-0.2, -0.15) is 18.3 Å². The summed E-state index contributed by atoms with van der Waals surface area (Å²) in [6.45, 7) is 1.96. The number of nitrogens with zero attached hydrogens (tertiary/aromatic N) is 5. The number of anilines is 1. The Morgan fingerprint density at radius 2 is 1.83 bits per heavy atom. The fourth-order valence-electron chi connectivity index (χ4n) is 3.45. The predicted molar refractivity (Wildman–Crippen MR) is 105 cm³/mol. The van der Waals surface area contributed by atoms with E-state index in [9.17, 15) is 18.0 Å². The lowest BCUT2D eigenvalue weighted by Gasteiger charge is -2.16. The second kappa shape index (κ2) is 6.97. The Morgan fingerprint density at radius 1 is 1.13 bits per heavy atom. The van der Waals surface area contributed by atoms with Gasteiger partial charge in [-0.3, -0.25) is 9.48 Å². The summed E-state index contributed by atoms with van der Waals surface area (Å²) < 4.78 is 41.9. The Bertz CT molecular complexity index is 1180. The highest BCUT2D eigenvalue weighted by Gasteiger charge is 2.38. The first-order valence-corrected chi connectivity index (χ1v) is 9.08. The first-order valence-electron chi connectivity index (χ1n) is 9.08. The minimum atomic E-state index is -4.54. The average molecular weight is 414 g/mol. The number of aryl methyl sites for hydroxylation is 1. The largest absolute Gasteiger partial charge is 0.416 e. The fraction of sp³-hybridized carbons (Fsp3) is 0.200. The van der Waals surface area contributed by atoms with Gasteiger partial charge in [0.15, 0.2) is 0 Å². The van der Waals surface area contributed by atoms with Gasteiger partial charge in [-0.05, 0) is 30.7 Å². The molecule has 1 aliphatic rings. The first-order chi connectivity index (χ1) is 14.2. The number of amides is 1. The van der Waals surface area contributed by atoms with E-state index in [-0.39, 0.29) is 40.7 Å². The number of carbonyl (C=O) groups is 1. The van der Waals surface area contributed by atoms with E-state index in [0.717, 1.165) is 6.07 Å². The monoisotopic (exact) mass is 414 g/mol. The van der Waals surface area contributed by atoms with Gasteiger partial charge in [-0.25, -0.2) is 9.97 Å². The Morgan fingerprint density at radius 3 is 2.47 bits per heavy atom. The molecule has 0 saturated carbocycles. The van der Waals surface area contributed by atoms with Crippen LogP contribution in [0.3, 0.4) is 0 Å². The van der Waals surface area contributed by atoms with Gasteiger partial charge in [0.25, 0.3) is 5.91 Å². The van der Waals surface area contributed by atoms with Crippen molar-refractivity contribution in [3.8, 4) is 11.4 Å². The normalized spacial score (nSPS) is 15.2. The lowest BCUT2D eigenvalue weighted by molar-refractivity contribution is -0.137. The summed E-state index contributed by atoms with van der Waals surface area (Å²) in [5.74, 6) is -0.515. The average Bonchev–Trinajstić information content (AvgIpc) is 3.22. The molecule has 154 valence electrons. The van der Waals surface area contributed by atoms with Crippen molar-refractivity contribution in [3.05, 3.63) is 58.9 Å². The van der Waals surface area contributed by atoms with E-state index in [1.807, 2.05) is 0 Å². The van der Waals surface area contributed by atoms with Crippen LogP contribution < -0.4 is 5.73 Å². The van der Waals surface area contributed by atoms with E-state index in [1.54, 1.807) is 30.9 Å². The van der Waals surface area contributed by atoms with Gasteiger partial charge < -0.3 is 10.6 Å². The maximum absolute atomic E-state index is 13.5. The van der Waals surface area contributed by atoms with Crippen LogP contribution in [0.4, 0.5) is 19.1 Å². The number of benzene rings is 1. The van der Waals surface area contributed by atoms with Crippen molar-refractivity contribution in [2.75, 3.05) is 12.3 Å². The van der Waals surface area contributed by atoms with Crippen LogP contribution in [-0.4, -0.2) is 37.1 Å². The van der Waals surface area contributed by atoms with Crippen molar-refractivity contribution in [2.24, 2.45) is 7.05 Å². The van der Waals surface area contributed by atoms with Gasteiger partial charge in [0, 0.05) is 19.8 Å². The standard InChI is InChI=1S/C20H17F3N6O/c1-3-29-14(10-11-6-4-5-7-12(11)20(21,22)23)17-15(18(29)30)16(25-19(24)26-17)13-8-9-28(2)27-13/h4-10H,3H2,1-2H3,(H2,24,25,26)/b14-10+. The molecule has 1 aromatic carbocycles. The number of hydrogen-bond acceptors (Lipinski definition) is 5. The van der Waals surface area contributed by atoms with Crippen LogP contribution >= 0.6 is 0 Å². The van der Waals surface area contributed by atoms with Crippen LogP contribution in [0.15, 0.2) is 36.5 Å². The molecule has 0 bridgehead atoms. The lowest BCUT2D eigenvalue weighted by atomic mass is 10.0. The number of hydrogen-bond donors (Lipinski definition) is 1. The number of rotatable bonds is 3. The van der Waals surface area contributed by atoms with Crippen LogP contribution in [0.2, 0.25) is 0 Å². The quantitative estimate of drug-likeness (QED) is 0.709. The van der Waals surface area contributed by atoms with Crippen molar-refractivity contribution >= 4 is 23.6 Å². The molecule has 0 fully saturated rings. The molecule has 0 aliphatic carbocycles. The van der Waals surface area contributed by atoms with E-state index in [0.29, 0.717) is 5.69 Å². The molecular weight excluding hydrogens is 397 g/mol. The maximum atomic E-state index is 13.5. The number of nitrogens with two attached hydrogens (primary N) is 1. The molecule has 3 aromatic rings. The topological polar surface area (TPSA) is 89.9 Å². The zero-order valence-electron chi connectivity index (χ0n) is 16.1. The molecule has 3 heterocycles. The van der Waals surface area contributed by atoms with E-state index < -0.39 is 17.6 Å². The third kappa shape index (κ3) is 3.19. The maximum Gasteiger partial charge on any atom is 0.416 e. The molecule has 0 saturated heterocycles. The molecule has 4 rings (SSSR count). The van der Waals surface area contributed by atoms with Crippen molar-refractivity contribution in [1.29, 1.82) is 0 Å². The summed E-state index contributed by atoms with van der Waals surface area (Å²) in [7, 11) is 1.72. The number of fused-ring (bicyclic) bond motifs is 1. The van der Waals surface area contributed by atoms with E-state index in [2.05, 4.69) is 15.1 Å². The van der Waals surface area contributed by atoms with Gasteiger partial charge in [-0.1, -0.05) is 18.2 Å². The van der Waals surface area contributed by atoms with E-state index in [4.69, 9.17) is 5.73 Å². The summed E-state index contributed by atoms with van der Waals surface area (Å²) in [5, 5.41) is 4.27. The number of nitrogen functional groups attached to an aromatic ring is 1. The SMILES string of the molecule is CCN1C(=O)c2c(nc(N)nc2-c2ccn(C)n2)/C1=C\c1ccccc1C(F)(F)F. The number of carbonyl (C=O) groups excluding carboxylic acids is 1. The lowest BCUT2D eigenvalue weighted by Crippen LogP contribution is -2.23. The van der Waals surface area contributed by atoms with Crippen LogP contribution in [-0.2, 0) is 13.2 Å². The van der Waals surface area contributed by atoms with Gasteiger partial charge in [0.2, 0.25) is 5.95 Å². The highest BCUT2D eigenvalue weighted by Crippen LogP contribution is 2.39. The van der Waals surface area contributed by atoms with Gasteiger partial charge in [-0.15, -0.1) is 0 Å². The summed E-state index contributed by atoms with van der Waals surface area (Å²) in [4.78, 5) is 22.9. The molecule has 0 radical (unpaired) electrons. The van der Waals surface area contributed by atoms with Crippen LogP contribution in [0.25, 0.3) is 23.2 Å². The highest BCUT2D eigenvalue weighted by atomic mass is 19.4. The molecule has 7 nitrogen and oxygen atoms in total. The molecule has 30 heavy (non-hydrogen) atoms. The predicted octanol–water partition coefficient (Wildman–Crippen LogP) is 3.45. The van der Waals surface area contributed by atoms with Crippen molar-refractivity contribution < 1.29 is 18.0 Å². The van der Waals surface area contributed by atoms with E-state index >= 15 is 0 Å². The summed E-state index contributed by atoms with van der Waals surface area (Å²) in [6.07, 6.45) is -1.54. The Hall–Kier alpha value is -3.69. The Labute approximate surface area is 169 Å². The summed E-state index contributed by atoms with van der Waals surface area (Å²) >= 11 is 0. The van der Waals surface area contributed by atoms with Crippen molar-refractivity contribution in [2.45, 2.75) is 13.1 Å². The van der Waals surface area contributed by atoms with Gasteiger partial charge in [0.1, 0.15) is 17.1 Å². The number of aromatic nitrogens is 4. The number of alkyl halides is 3. The van der Waals surface area contributed by atoms with Crippen molar-refractivity contribution in [1.82, 2.24) is 24.6 Å². The molecular formula is C20H17F3N6O. The van der Waals surface area contributed by atoms with Crippen LogP contribution in [0.5, 0.6) is 0 Å². The zero-order chi connectivity index (χ0) is 21.6. The Balaban J connectivity index is 1.97. The molecule has 2 N–H and O–H groups in total. The second-order valence-electron chi connectivity index (χ2n) is 6.69. The van der Waals surface area contributed by atoms with Crippen molar-refractivity contribution in [3.63, 3.8) is 0 Å². The van der Waals surface area contributed by atoms with Crippen LogP contribution in [0.1, 0.15) is 34.1 Å². The molecule has 1 amide bonds. The minimum absolute atomic E-state index is 0.0735. The van der Waals surface area contributed by atoms with Gasteiger partial charge in [0.05, 0.1) is 16.8 Å². The minimum Gasteiger partial charge on any atom is -0.368 e. The fourth-order valence-corrected chi connectivity index (χ4v) is 3.45. The molecule has 0 unspecified atom stereocenters. The molecule has 0 spiro atoms. The molecule has 2 aromatic heterocycles. The summed E-state index contributed by atoms with van der Waals surface area (Å²) in [6, 6.07) is 6.83. The number of halogens is 3. The molecule has 1 aliphatic heterocycles. The molecule has 0 atom stereocenters. The highest BCUT2D eigenvalue weighted by molar-refractivity contribution is 6.14. The van der Waals surface area contributed by atoms with Gasteiger partial charge >= 0.3 is 6.18 Å². The smallest absolute Gasteiger partial charge is 0.368 e. The molecule has 10 heteroatoms. The Kier molecular flexibility index (Phi) is 4.56. The third-order valence-electron chi connectivity index (χ3n) is 4.75. The van der Waals surface area contributed by atoms with E-state index in [1.165, 1.54) is 29.2 Å².